The highest BCUT2D eigenvalue weighted by Gasteiger charge is 2.26. The number of piperazine rings is 1. The molecule has 0 atom stereocenters. The maximum absolute atomic E-state index is 4.45. The summed E-state index contributed by atoms with van der Waals surface area (Å²) in [6.45, 7) is 5.56. The minimum absolute atomic E-state index is 0.738. The molecule has 0 unspecified atom stereocenters. The van der Waals surface area contributed by atoms with Crippen molar-refractivity contribution in [3.63, 3.8) is 0 Å². The van der Waals surface area contributed by atoms with E-state index in [4.69, 9.17) is 0 Å². The zero-order chi connectivity index (χ0) is 10.1. The van der Waals surface area contributed by atoms with Crippen LogP contribution in [-0.2, 0) is 6.54 Å². The molecule has 2 N–H and O–H groups in total. The maximum Gasteiger partial charge on any atom is 0.109 e. The van der Waals surface area contributed by atoms with E-state index in [-0.39, 0.29) is 0 Å². The van der Waals surface area contributed by atoms with Crippen molar-refractivity contribution in [2.75, 3.05) is 26.2 Å². The van der Waals surface area contributed by atoms with Gasteiger partial charge in [0.05, 0.1) is 0 Å². The Labute approximate surface area is 90.1 Å². The number of rotatable bonds is 3. The highest BCUT2D eigenvalue weighted by atomic mass is 15.2. The van der Waals surface area contributed by atoms with E-state index >= 15 is 0 Å². The lowest BCUT2D eigenvalue weighted by molar-refractivity contribution is 0.231. The quantitative estimate of drug-likeness (QED) is 0.765. The second-order valence-corrected chi connectivity index (χ2v) is 4.59. The molecule has 0 bridgehead atoms. The molecule has 1 aromatic rings. The summed E-state index contributed by atoms with van der Waals surface area (Å²) in [7, 11) is 0. The summed E-state index contributed by atoms with van der Waals surface area (Å²) < 4.78 is 0. The number of aromatic amines is 1. The molecule has 1 aliphatic carbocycles. The van der Waals surface area contributed by atoms with E-state index in [1.165, 1.54) is 24.4 Å². The predicted molar refractivity (Wildman–Crippen MR) is 58.7 cm³/mol. The van der Waals surface area contributed by atoms with Crippen molar-refractivity contribution in [3.05, 3.63) is 17.7 Å². The summed E-state index contributed by atoms with van der Waals surface area (Å²) in [6.07, 6.45) is 4.65. The Balaban J connectivity index is 1.60. The first-order valence-electron chi connectivity index (χ1n) is 5.88. The summed E-state index contributed by atoms with van der Waals surface area (Å²) in [5.41, 5.74) is 1.28. The van der Waals surface area contributed by atoms with E-state index in [9.17, 15) is 0 Å². The molecule has 1 saturated heterocycles. The van der Waals surface area contributed by atoms with Crippen LogP contribution in [0, 0.1) is 0 Å². The first-order chi connectivity index (χ1) is 7.42. The minimum Gasteiger partial charge on any atom is -0.345 e. The van der Waals surface area contributed by atoms with E-state index in [0.29, 0.717) is 0 Å². The molecule has 2 heterocycles. The molecule has 4 nitrogen and oxygen atoms in total. The summed E-state index contributed by atoms with van der Waals surface area (Å²) in [6, 6.07) is 0. The van der Waals surface area contributed by atoms with Gasteiger partial charge in [0.25, 0.3) is 0 Å². The number of hydrogen-bond acceptors (Lipinski definition) is 3. The van der Waals surface area contributed by atoms with Gasteiger partial charge in [0.2, 0.25) is 0 Å². The Morgan fingerprint density at radius 3 is 2.87 bits per heavy atom. The molecule has 0 amide bonds. The van der Waals surface area contributed by atoms with Crippen molar-refractivity contribution in [1.82, 2.24) is 20.2 Å². The topological polar surface area (TPSA) is 44.0 Å². The van der Waals surface area contributed by atoms with Gasteiger partial charge < -0.3 is 10.3 Å². The third-order valence-electron chi connectivity index (χ3n) is 3.22. The van der Waals surface area contributed by atoms with Gasteiger partial charge in [-0.1, -0.05) is 0 Å². The van der Waals surface area contributed by atoms with Crippen molar-refractivity contribution < 1.29 is 0 Å². The van der Waals surface area contributed by atoms with Crippen molar-refractivity contribution >= 4 is 0 Å². The highest BCUT2D eigenvalue weighted by molar-refractivity contribution is 5.10. The normalized spacial score (nSPS) is 23.2. The largest absolute Gasteiger partial charge is 0.345 e. The Kier molecular flexibility index (Phi) is 2.46. The van der Waals surface area contributed by atoms with Crippen LogP contribution in [0.25, 0.3) is 0 Å². The Morgan fingerprint density at radius 1 is 1.33 bits per heavy atom. The van der Waals surface area contributed by atoms with Crippen LogP contribution < -0.4 is 5.32 Å². The molecule has 3 rings (SSSR count). The first-order valence-corrected chi connectivity index (χ1v) is 5.88. The second kappa shape index (κ2) is 3.94. The number of imidazole rings is 1. The minimum atomic E-state index is 0.738. The zero-order valence-corrected chi connectivity index (χ0v) is 9.00. The zero-order valence-electron chi connectivity index (χ0n) is 9.00. The van der Waals surface area contributed by atoms with Crippen molar-refractivity contribution in [2.24, 2.45) is 0 Å². The number of nitrogens with one attached hydrogen (secondary N) is 2. The summed E-state index contributed by atoms with van der Waals surface area (Å²) >= 11 is 0. The van der Waals surface area contributed by atoms with Crippen molar-refractivity contribution in [1.29, 1.82) is 0 Å². The second-order valence-electron chi connectivity index (χ2n) is 4.59. The van der Waals surface area contributed by atoms with Crippen molar-refractivity contribution in [2.45, 2.75) is 25.3 Å². The van der Waals surface area contributed by atoms with Crippen LogP contribution in [0.3, 0.4) is 0 Å². The van der Waals surface area contributed by atoms with Gasteiger partial charge in [-0.3, -0.25) is 4.90 Å². The van der Waals surface area contributed by atoms with E-state index in [2.05, 4.69) is 20.2 Å². The average molecular weight is 206 g/mol. The Morgan fingerprint density at radius 2 is 2.13 bits per heavy atom. The van der Waals surface area contributed by atoms with Crippen LogP contribution in [0.5, 0.6) is 0 Å². The van der Waals surface area contributed by atoms with E-state index < -0.39 is 0 Å². The third kappa shape index (κ3) is 2.21. The monoisotopic (exact) mass is 206 g/mol. The highest BCUT2D eigenvalue weighted by Crippen LogP contribution is 2.38. The van der Waals surface area contributed by atoms with E-state index in [1.54, 1.807) is 0 Å². The molecule has 2 aliphatic rings. The molecular weight excluding hydrogens is 188 g/mol. The molecule has 4 heteroatoms. The molecule has 82 valence electrons. The SMILES string of the molecule is c1nc(C2CC2)[nH]c1CN1CCNCC1. The van der Waals surface area contributed by atoms with Crippen LogP contribution in [-0.4, -0.2) is 41.0 Å². The van der Waals surface area contributed by atoms with Gasteiger partial charge in [-0.2, -0.15) is 0 Å². The lowest BCUT2D eigenvalue weighted by Crippen LogP contribution is -2.42. The van der Waals surface area contributed by atoms with Gasteiger partial charge in [-0.05, 0) is 12.8 Å². The predicted octanol–water partition coefficient (Wildman–Crippen LogP) is 0.692. The molecule has 0 radical (unpaired) electrons. The van der Waals surface area contributed by atoms with Gasteiger partial charge in [0, 0.05) is 50.5 Å². The summed E-state index contributed by atoms with van der Waals surface area (Å²) in [4.78, 5) is 10.4. The van der Waals surface area contributed by atoms with Crippen LogP contribution in [0.2, 0.25) is 0 Å². The smallest absolute Gasteiger partial charge is 0.109 e. The lowest BCUT2D eigenvalue weighted by Gasteiger charge is -2.26. The van der Waals surface area contributed by atoms with Crippen LogP contribution in [0.4, 0.5) is 0 Å². The summed E-state index contributed by atoms with van der Waals surface area (Å²) in [5.74, 6) is 1.95. The molecule has 0 spiro atoms. The summed E-state index contributed by atoms with van der Waals surface area (Å²) in [5, 5.41) is 3.37. The first kappa shape index (κ1) is 9.36. The number of hydrogen-bond donors (Lipinski definition) is 2. The van der Waals surface area contributed by atoms with Gasteiger partial charge in [0.1, 0.15) is 5.82 Å². The van der Waals surface area contributed by atoms with E-state index in [1.807, 2.05) is 6.20 Å². The molecule has 1 saturated carbocycles. The van der Waals surface area contributed by atoms with Crippen LogP contribution in [0.1, 0.15) is 30.3 Å². The third-order valence-corrected chi connectivity index (χ3v) is 3.22. The van der Waals surface area contributed by atoms with Crippen LogP contribution >= 0.6 is 0 Å². The van der Waals surface area contributed by atoms with Crippen LogP contribution in [0.15, 0.2) is 6.20 Å². The van der Waals surface area contributed by atoms with E-state index in [0.717, 1.165) is 38.6 Å². The number of aromatic nitrogens is 2. The van der Waals surface area contributed by atoms with Gasteiger partial charge in [-0.25, -0.2) is 4.98 Å². The van der Waals surface area contributed by atoms with Gasteiger partial charge >= 0.3 is 0 Å². The average Bonchev–Trinajstić information content (AvgIpc) is 3.02. The molecule has 0 aromatic carbocycles. The number of nitrogens with zero attached hydrogens (tertiary/aromatic N) is 2. The Hall–Kier alpha value is -0.870. The lowest BCUT2D eigenvalue weighted by atomic mass is 10.3. The fourth-order valence-electron chi connectivity index (χ4n) is 2.13. The molecular formula is C11H18N4. The van der Waals surface area contributed by atoms with Crippen molar-refractivity contribution in [3.8, 4) is 0 Å². The molecule has 1 aromatic heterocycles. The maximum atomic E-state index is 4.45. The number of H-pyrrole nitrogens is 1. The van der Waals surface area contributed by atoms with Gasteiger partial charge in [0.15, 0.2) is 0 Å². The van der Waals surface area contributed by atoms with Gasteiger partial charge in [-0.15, -0.1) is 0 Å². The molecule has 15 heavy (non-hydrogen) atoms. The fourth-order valence-corrected chi connectivity index (χ4v) is 2.13. The standard InChI is InChI=1S/C11H18N4/c1-2-9(1)11-13-7-10(14-11)8-15-5-3-12-4-6-15/h7,9,12H,1-6,8H2,(H,13,14). The molecule has 1 aliphatic heterocycles. The molecule has 2 fully saturated rings. The Bertz CT molecular complexity index is 323. The fraction of sp³-hybridized carbons (Fsp3) is 0.727.